The molecule has 2 rings (SSSR count). The van der Waals surface area contributed by atoms with Crippen LogP contribution >= 0.6 is 0 Å². The van der Waals surface area contributed by atoms with Crippen LogP contribution in [0.2, 0.25) is 0 Å². The van der Waals surface area contributed by atoms with E-state index in [1.54, 1.807) is 12.1 Å². The molecule has 0 heterocycles. The molecule has 0 aromatic heterocycles. The van der Waals surface area contributed by atoms with Crippen LogP contribution in [0.15, 0.2) is 42.5 Å². The molecule has 3 heteroatoms. The summed E-state index contributed by atoms with van der Waals surface area (Å²) in [6.07, 6.45) is 0. The summed E-state index contributed by atoms with van der Waals surface area (Å²) in [6.45, 7) is 4.23. The van der Waals surface area contributed by atoms with Gasteiger partial charge < -0.3 is 10.1 Å². The zero-order valence-electron chi connectivity index (χ0n) is 11.4. The predicted octanol–water partition coefficient (Wildman–Crippen LogP) is 4.70. The summed E-state index contributed by atoms with van der Waals surface area (Å²) in [5.41, 5.74) is 2.55. The number of benzene rings is 2. The van der Waals surface area contributed by atoms with Crippen LogP contribution in [0.4, 0.5) is 15.8 Å². The summed E-state index contributed by atoms with van der Waals surface area (Å²) >= 11 is 0. The molecule has 0 fully saturated rings. The Kier molecular flexibility index (Phi) is 4.05. The molecule has 1 N–H and O–H groups in total. The fraction of sp³-hybridized carbons (Fsp3) is 0.250. The zero-order valence-corrected chi connectivity index (χ0v) is 11.4. The number of hydrogen-bond donors (Lipinski definition) is 1. The third kappa shape index (κ3) is 3.05. The Balaban J connectivity index is 2.31. The van der Waals surface area contributed by atoms with E-state index < -0.39 is 0 Å². The van der Waals surface area contributed by atoms with Crippen LogP contribution in [0.25, 0.3) is 0 Å². The molecule has 0 spiro atoms. The molecule has 2 aromatic carbocycles. The van der Waals surface area contributed by atoms with E-state index in [-0.39, 0.29) is 5.82 Å². The van der Waals surface area contributed by atoms with Crippen molar-refractivity contribution in [2.75, 3.05) is 12.4 Å². The first-order valence-corrected chi connectivity index (χ1v) is 6.31. The number of hydrogen-bond acceptors (Lipinski definition) is 2. The predicted molar refractivity (Wildman–Crippen MR) is 76.8 cm³/mol. The Bertz CT molecular complexity index is 566. The highest BCUT2D eigenvalue weighted by molar-refractivity contribution is 5.64. The smallest absolute Gasteiger partial charge is 0.150 e. The van der Waals surface area contributed by atoms with E-state index in [1.165, 1.54) is 13.2 Å². The van der Waals surface area contributed by atoms with Gasteiger partial charge in [-0.05, 0) is 29.7 Å². The number of para-hydroxylation sites is 1. The van der Waals surface area contributed by atoms with Crippen LogP contribution in [0.5, 0.6) is 5.75 Å². The van der Waals surface area contributed by atoms with E-state index >= 15 is 0 Å². The lowest BCUT2D eigenvalue weighted by Gasteiger charge is -2.15. The Hall–Kier alpha value is -2.03. The molecule has 2 aromatic rings. The molecule has 19 heavy (non-hydrogen) atoms. The Morgan fingerprint density at radius 2 is 1.79 bits per heavy atom. The van der Waals surface area contributed by atoms with Crippen molar-refractivity contribution in [3.8, 4) is 5.75 Å². The van der Waals surface area contributed by atoms with Gasteiger partial charge in [0.2, 0.25) is 0 Å². The van der Waals surface area contributed by atoms with Crippen molar-refractivity contribution >= 4 is 11.4 Å². The van der Waals surface area contributed by atoms with Crippen molar-refractivity contribution in [3.05, 3.63) is 53.8 Å². The number of ether oxygens (including phenoxy) is 1. The number of nitrogens with one attached hydrogen (secondary N) is 1. The summed E-state index contributed by atoms with van der Waals surface area (Å²) in [6, 6.07) is 12.7. The average molecular weight is 259 g/mol. The number of anilines is 2. The van der Waals surface area contributed by atoms with Crippen molar-refractivity contribution in [2.45, 2.75) is 19.8 Å². The van der Waals surface area contributed by atoms with Gasteiger partial charge in [0.05, 0.1) is 12.8 Å². The van der Waals surface area contributed by atoms with Crippen LogP contribution < -0.4 is 10.1 Å². The molecule has 100 valence electrons. The topological polar surface area (TPSA) is 21.3 Å². The third-order valence-electron chi connectivity index (χ3n) is 3.03. The molecule has 0 aliphatic rings. The minimum Gasteiger partial charge on any atom is -0.497 e. The van der Waals surface area contributed by atoms with Crippen LogP contribution in [0, 0.1) is 5.82 Å². The van der Waals surface area contributed by atoms with Crippen molar-refractivity contribution < 1.29 is 9.13 Å². The second-order valence-electron chi connectivity index (χ2n) is 4.71. The second kappa shape index (κ2) is 5.74. The molecule has 0 saturated heterocycles. The maximum atomic E-state index is 13.9. The minimum absolute atomic E-state index is 0.321. The van der Waals surface area contributed by atoms with Crippen molar-refractivity contribution in [3.63, 3.8) is 0 Å². The van der Waals surface area contributed by atoms with Crippen LogP contribution in [-0.4, -0.2) is 7.11 Å². The van der Waals surface area contributed by atoms with Crippen molar-refractivity contribution in [1.29, 1.82) is 0 Å². The molecular weight excluding hydrogens is 241 g/mol. The molecule has 0 radical (unpaired) electrons. The highest BCUT2D eigenvalue weighted by Crippen LogP contribution is 2.29. The standard InChI is InChI=1S/C16H18FNO/c1-11(2)13-6-4-5-7-15(13)18-16-9-8-12(19-3)10-14(16)17/h4-11,18H,1-3H3. The van der Waals surface area contributed by atoms with E-state index in [0.29, 0.717) is 17.4 Å². The van der Waals surface area contributed by atoms with E-state index in [0.717, 1.165) is 11.3 Å². The monoisotopic (exact) mass is 259 g/mol. The maximum absolute atomic E-state index is 13.9. The quantitative estimate of drug-likeness (QED) is 0.859. The first kappa shape index (κ1) is 13.4. The van der Waals surface area contributed by atoms with Gasteiger partial charge in [-0.3, -0.25) is 0 Å². The minimum atomic E-state index is -0.321. The summed E-state index contributed by atoms with van der Waals surface area (Å²) < 4.78 is 18.9. The first-order valence-electron chi connectivity index (χ1n) is 6.31. The highest BCUT2D eigenvalue weighted by atomic mass is 19.1. The molecule has 2 nitrogen and oxygen atoms in total. The Morgan fingerprint density at radius 1 is 1.05 bits per heavy atom. The van der Waals surface area contributed by atoms with Gasteiger partial charge in [-0.25, -0.2) is 4.39 Å². The normalized spacial score (nSPS) is 10.6. The van der Waals surface area contributed by atoms with Gasteiger partial charge in [-0.1, -0.05) is 32.0 Å². The molecule has 0 aliphatic heterocycles. The van der Waals surface area contributed by atoms with E-state index in [9.17, 15) is 4.39 Å². The van der Waals surface area contributed by atoms with Gasteiger partial charge in [0.15, 0.2) is 0 Å². The van der Waals surface area contributed by atoms with Gasteiger partial charge in [0.1, 0.15) is 11.6 Å². The third-order valence-corrected chi connectivity index (χ3v) is 3.03. The molecule has 0 aliphatic carbocycles. The van der Waals surface area contributed by atoms with Gasteiger partial charge in [-0.2, -0.15) is 0 Å². The summed E-state index contributed by atoms with van der Waals surface area (Å²) in [7, 11) is 1.52. The van der Waals surface area contributed by atoms with E-state index in [2.05, 4.69) is 25.2 Å². The molecule has 0 unspecified atom stereocenters. The van der Waals surface area contributed by atoms with E-state index in [4.69, 9.17) is 4.74 Å². The molecule has 0 atom stereocenters. The molecule has 0 bridgehead atoms. The summed E-state index contributed by atoms with van der Waals surface area (Å²) in [5, 5.41) is 3.14. The lowest BCUT2D eigenvalue weighted by Crippen LogP contribution is -1.99. The number of methoxy groups -OCH3 is 1. The lowest BCUT2D eigenvalue weighted by molar-refractivity contribution is 0.411. The summed E-state index contributed by atoms with van der Waals surface area (Å²) in [5.74, 6) is 0.572. The first-order chi connectivity index (χ1) is 9.11. The Labute approximate surface area is 113 Å². The SMILES string of the molecule is COc1ccc(Nc2ccccc2C(C)C)c(F)c1. The van der Waals surface area contributed by atoms with E-state index in [1.807, 2.05) is 18.2 Å². The lowest BCUT2D eigenvalue weighted by atomic mass is 10.0. The van der Waals surface area contributed by atoms with Gasteiger partial charge in [-0.15, -0.1) is 0 Å². The second-order valence-corrected chi connectivity index (χ2v) is 4.71. The van der Waals surface area contributed by atoms with Crippen molar-refractivity contribution in [2.24, 2.45) is 0 Å². The molecule has 0 saturated carbocycles. The van der Waals surface area contributed by atoms with Crippen LogP contribution in [0.1, 0.15) is 25.3 Å². The van der Waals surface area contributed by atoms with Crippen LogP contribution in [0.3, 0.4) is 0 Å². The largest absolute Gasteiger partial charge is 0.497 e. The molecule has 0 amide bonds. The van der Waals surface area contributed by atoms with Gasteiger partial charge >= 0.3 is 0 Å². The zero-order chi connectivity index (χ0) is 13.8. The van der Waals surface area contributed by atoms with Gasteiger partial charge in [0, 0.05) is 11.8 Å². The summed E-state index contributed by atoms with van der Waals surface area (Å²) in [4.78, 5) is 0. The van der Waals surface area contributed by atoms with Crippen LogP contribution in [-0.2, 0) is 0 Å². The fourth-order valence-corrected chi connectivity index (χ4v) is 1.98. The van der Waals surface area contributed by atoms with Gasteiger partial charge in [0.25, 0.3) is 0 Å². The Morgan fingerprint density at radius 3 is 2.42 bits per heavy atom. The molecular formula is C16H18FNO. The highest BCUT2D eigenvalue weighted by Gasteiger charge is 2.09. The van der Waals surface area contributed by atoms with Crippen molar-refractivity contribution in [1.82, 2.24) is 0 Å². The average Bonchev–Trinajstić information content (AvgIpc) is 2.41. The number of rotatable bonds is 4. The number of halogens is 1. The maximum Gasteiger partial charge on any atom is 0.150 e. The fourth-order valence-electron chi connectivity index (χ4n) is 1.98.